The van der Waals surface area contributed by atoms with Gasteiger partial charge in [-0.3, -0.25) is 14.9 Å². The summed E-state index contributed by atoms with van der Waals surface area (Å²) >= 11 is 0. The van der Waals surface area contributed by atoms with Crippen molar-refractivity contribution in [3.63, 3.8) is 0 Å². The van der Waals surface area contributed by atoms with E-state index in [0.29, 0.717) is 39.8 Å². The summed E-state index contributed by atoms with van der Waals surface area (Å²) in [6.45, 7) is 11.7. The first-order valence-corrected chi connectivity index (χ1v) is 13.1. The number of anilines is 1. The van der Waals surface area contributed by atoms with Crippen molar-refractivity contribution in [2.75, 3.05) is 5.73 Å². The molecule has 0 radical (unpaired) electrons. The Bertz CT molecular complexity index is 1640. The predicted molar refractivity (Wildman–Crippen MR) is 156 cm³/mol. The summed E-state index contributed by atoms with van der Waals surface area (Å²) in [5, 5.41) is 12.6. The van der Waals surface area contributed by atoms with Crippen LogP contribution < -0.4 is 16.4 Å². The topological polar surface area (TPSA) is 146 Å². The van der Waals surface area contributed by atoms with Crippen molar-refractivity contribution < 1.29 is 13.6 Å². The molecule has 2 aromatic heterocycles. The maximum atomic E-state index is 13.7. The average Bonchev–Trinajstić information content (AvgIpc) is 3.35. The van der Waals surface area contributed by atoms with Crippen LogP contribution in [0.5, 0.6) is 0 Å². The first kappa shape index (κ1) is 29.0. The van der Waals surface area contributed by atoms with Crippen molar-refractivity contribution in [3.05, 3.63) is 83.7 Å². The number of rotatable bonds is 6. The molecule has 4 aromatic rings. The maximum absolute atomic E-state index is 13.7. The quantitative estimate of drug-likeness (QED) is 0.271. The molecule has 2 atom stereocenters. The number of nitrogen functional groups attached to an aromatic ring is 1. The third kappa shape index (κ3) is 6.43. The average molecular weight is 560 g/mol. The molecule has 0 spiro atoms. The number of nitrogens with one attached hydrogen (secondary N) is 3. The number of H-pyrrole nitrogens is 1. The van der Waals surface area contributed by atoms with E-state index in [1.807, 2.05) is 45.0 Å². The largest absolute Gasteiger partial charge is 0.382 e. The molecule has 10 nitrogen and oxygen atoms in total. The normalized spacial score (nSPS) is 16.4. The van der Waals surface area contributed by atoms with E-state index in [2.05, 4.69) is 47.4 Å². The van der Waals surface area contributed by atoms with Gasteiger partial charge in [0.15, 0.2) is 28.7 Å². The summed E-state index contributed by atoms with van der Waals surface area (Å²) in [5.74, 6) is -1.80. The number of nitrogens with two attached hydrogens (primary N) is 1. The number of hydrogen-bond acceptors (Lipinski definition) is 7. The van der Waals surface area contributed by atoms with Crippen molar-refractivity contribution in [3.8, 4) is 11.3 Å². The number of aliphatic imine (C=N–C) groups is 2. The smallest absolute Gasteiger partial charge is 0.274 e. The number of aromatic nitrogens is 4. The number of amidine groups is 1. The highest BCUT2D eigenvalue weighted by Crippen LogP contribution is 2.22. The Morgan fingerprint density at radius 1 is 1.17 bits per heavy atom. The minimum Gasteiger partial charge on any atom is -0.382 e. The summed E-state index contributed by atoms with van der Waals surface area (Å²) < 4.78 is 27.0. The van der Waals surface area contributed by atoms with Gasteiger partial charge in [-0.25, -0.2) is 23.7 Å². The van der Waals surface area contributed by atoms with Crippen molar-refractivity contribution in [2.45, 2.75) is 46.3 Å². The summed E-state index contributed by atoms with van der Waals surface area (Å²) in [6.07, 6.45) is 1.63. The molecule has 5 N–H and O–H groups in total. The van der Waals surface area contributed by atoms with Crippen molar-refractivity contribution >= 4 is 34.4 Å². The lowest BCUT2D eigenvalue weighted by atomic mass is 10.1. The van der Waals surface area contributed by atoms with Crippen LogP contribution >= 0.6 is 0 Å². The Labute approximate surface area is 235 Å². The van der Waals surface area contributed by atoms with Gasteiger partial charge in [0.2, 0.25) is 5.65 Å². The zero-order valence-corrected chi connectivity index (χ0v) is 23.2. The molecular formula is C29H31F2N9O. The van der Waals surface area contributed by atoms with Crippen LogP contribution in [0.3, 0.4) is 0 Å². The highest BCUT2D eigenvalue weighted by atomic mass is 19.2. The van der Waals surface area contributed by atoms with Crippen LogP contribution in [0, 0.1) is 11.6 Å². The summed E-state index contributed by atoms with van der Waals surface area (Å²) in [5.41, 5.74) is 10.1. The second-order valence-electron chi connectivity index (χ2n) is 9.11. The van der Waals surface area contributed by atoms with Gasteiger partial charge < -0.3 is 16.4 Å². The molecule has 2 unspecified atom stereocenters. The number of carbonyl (C=O) groups excluding carboxylic acids is 1. The van der Waals surface area contributed by atoms with Gasteiger partial charge in [0.1, 0.15) is 5.82 Å². The van der Waals surface area contributed by atoms with E-state index in [1.165, 1.54) is 6.07 Å². The SMILES string of the molecule is C=C1N=C(C(=O)NC(C)c2ccc(F)c(F)c2)C(=NCc2ccc(-c3cnc4n[nH]c(N)c4n3)cc2)NC1C.CC. The Balaban J connectivity index is 0.00000189. The van der Waals surface area contributed by atoms with E-state index in [4.69, 9.17) is 5.73 Å². The molecular weight excluding hydrogens is 528 g/mol. The summed E-state index contributed by atoms with van der Waals surface area (Å²) in [6, 6.07) is 10.2. The highest BCUT2D eigenvalue weighted by molar-refractivity contribution is 6.67. The lowest BCUT2D eigenvalue weighted by Gasteiger charge is -2.25. The number of benzene rings is 2. The lowest BCUT2D eigenvalue weighted by molar-refractivity contribution is -0.115. The highest BCUT2D eigenvalue weighted by Gasteiger charge is 2.27. The van der Waals surface area contributed by atoms with Crippen LogP contribution in [0.4, 0.5) is 14.6 Å². The van der Waals surface area contributed by atoms with E-state index in [0.717, 1.165) is 23.3 Å². The molecule has 1 aliphatic heterocycles. The minimum atomic E-state index is -0.987. The van der Waals surface area contributed by atoms with Crippen LogP contribution in [0.25, 0.3) is 22.4 Å². The van der Waals surface area contributed by atoms with Crippen LogP contribution in [-0.4, -0.2) is 43.7 Å². The molecule has 1 amide bonds. The number of halogens is 2. The molecule has 0 aliphatic carbocycles. The Kier molecular flexibility index (Phi) is 8.81. The molecule has 5 rings (SSSR count). The van der Waals surface area contributed by atoms with Gasteiger partial charge >= 0.3 is 0 Å². The number of carbonyl (C=O) groups is 1. The van der Waals surface area contributed by atoms with Gasteiger partial charge in [0, 0.05) is 5.56 Å². The molecule has 0 saturated heterocycles. The van der Waals surface area contributed by atoms with E-state index in [1.54, 1.807) is 13.1 Å². The van der Waals surface area contributed by atoms with Crippen LogP contribution in [0.1, 0.15) is 44.9 Å². The predicted octanol–water partition coefficient (Wildman–Crippen LogP) is 4.63. The van der Waals surface area contributed by atoms with E-state index < -0.39 is 23.6 Å². The fourth-order valence-corrected chi connectivity index (χ4v) is 3.96. The van der Waals surface area contributed by atoms with Crippen molar-refractivity contribution in [1.29, 1.82) is 0 Å². The van der Waals surface area contributed by atoms with Crippen LogP contribution in [-0.2, 0) is 11.3 Å². The molecule has 0 bridgehead atoms. The zero-order valence-electron chi connectivity index (χ0n) is 23.2. The molecule has 0 saturated carbocycles. The van der Waals surface area contributed by atoms with Gasteiger partial charge in [0.25, 0.3) is 5.91 Å². The molecule has 0 fully saturated rings. The van der Waals surface area contributed by atoms with Gasteiger partial charge in [-0.1, -0.05) is 50.8 Å². The molecule has 1 aliphatic rings. The molecule has 41 heavy (non-hydrogen) atoms. The van der Waals surface area contributed by atoms with Gasteiger partial charge in [-0.15, -0.1) is 0 Å². The van der Waals surface area contributed by atoms with Gasteiger partial charge in [-0.05, 0) is 37.1 Å². The van der Waals surface area contributed by atoms with E-state index >= 15 is 0 Å². The third-order valence-corrected chi connectivity index (χ3v) is 6.30. The number of aromatic amines is 1. The fourth-order valence-electron chi connectivity index (χ4n) is 3.96. The maximum Gasteiger partial charge on any atom is 0.274 e. The third-order valence-electron chi connectivity index (χ3n) is 6.30. The second-order valence-corrected chi connectivity index (χ2v) is 9.11. The summed E-state index contributed by atoms with van der Waals surface area (Å²) in [7, 11) is 0. The molecule has 3 heterocycles. The zero-order chi connectivity index (χ0) is 29.7. The van der Waals surface area contributed by atoms with Crippen LogP contribution in [0.15, 0.2) is 70.9 Å². The van der Waals surface area contributed by atoms with E-state index in [-0.39, 0.29) is 18.3 Å². The fraction of sp³-hybridized carbons (Fsp3) is 0.241. The number of nitrogens with zero attached hydrogens (tertiary/aromatic N) is 5. The minimum absolute atomic E-state index is 0.0606. The summed E-state index contributed by atoms with van der Waals surface area (Å²) in [4.78, 5) is 30.9. The van der Waals surface area contributed by atoms with Gasteiger partial charge in [-0.2, -0.15) is 5.10 Å². The first-order valence-electron chi connectivity index (χ1n) is 13.1. The number of amides is 1. The monoisotopic (exact) mass is 559 g/mol. The number of hydrogen-bond donors (Lipinski definition) is 4. The first-order chi connectivity index (χ1) is 19.7. The Morgan fingerprint density at radius 3 is 2.61 bits per heavy atom. The standard InChI is InChI=1S/C27H25F2N9O.C2H6/c1-13-14(2)34-25(23(33-13)27(39)35-15(3)18-8-9-19(28)20(29)10-18)31-11-16-4-6-17(7-5-16)21-12-32-26-22(36-21)24(30)37-38-26;1-2/h4-10,12,14-15H,1,11H2,2-3H3,(H,31,34)(H,35,39)(H3,30,32,37,38);1-2H3. The van der Waals surface area contributed by atoms with E-state index in [9.17, 15) is 13.6 Å². The lowest BCUT2D eigenvalue weighted by Crippen LogP contribution is -2.49. The Morgan fingerprint density at radius 2 is 1.90 bits per heavy atom. The van der Waals surface area contributed by atoms with Crippen molar-refractivity contribution in [2.24, 2.45) is 9.98 Å². The molecule has 2 aromatic carbocycles. The Hall–Kier alpha value is -5.00. The van der Waals surface area contributed by atoms with Crippen LogP contribution in [0.2, 0.25) is 0 Å². The van der Waals surface area contributed by atoms with Gasteiger partial charge in [0.05, 0.1) is 36.2 Å². The van der Waals surface area contributed by atoms with Crippen molar-refractivity contribution in [1.82, 2.24) is 30.8 Å². The molecule has 212 valence electrons. The number of fused-ring (bicyclic) bond motifs is 1. The second kappa shape index (κ2) is 12.5. The molecule has 12 heteroatoms.